The fourth-order valence-electron chi connectivity index (χ4n) is 2.76. The lowest BCUT2D eigenvalue weighted by Crippen LogP contribution is -3.00. The third-order valence-corrected chi connectivity index (χ3v) is 4.04. The van der Waals surface area contributed by atoms with Crippen LogP contribution in [0, 0.1) is 6.92 Å². The van der Waals surface area contributed by atoms with Crippen molar-refractivity contribution >= 4 is 5.82 Å². The number of rotatable bonds is 3. The number of halogens is 1. The van der Waals surface area contributed by atoms with Crippen molar-refractivity contribution in [1.29, 1.82) is 0 Å². The van der Waals surface area contributed by atoms with Gasteiger partial charge in [-0.25, -0.2) is 9.97 Å². The lowest BCUT2D eigenvalue weighted by Gasteiger charge is -2.34. The van der Waals surface area contributed by atoms with Crippen molar-refractivity contribution in [2.45, 2.75) is 13.8 Å². The molecular weight excluding hydrogens is 296 g/mol. The van der Waals surface area contributed by atoms with Gasteiger partial charge >= 0.3 is 0 Å². The van der Waals surface area contributed by atoms with Gasteiger partial charge in [0.2, 0.25) is 0 Å². The first-order valence-corrected chi connectivity index (χ1v) is 7.64. The van der Waals surface area contributed by atoms with Crippen molar-refractivity contribution in [3.8, 4) is 11.3 Å². The van der Waals surface area contributed by atoms with E-state index in [4.69, 9.17) is 0 Å². The van der Waals surface area contributed by atoms with Gasteiger partial charge in [0.05, 0.1) is 5.69 Å². The minimum absolute atomic E-state index is 0. The molecule has 0 atom stereocenters. The second kappa shape index (κ2) is 7.56. The van der Waals surface area contributed by atoms with Crippen LogP contribution in [0.15, 0.2) is 36.4 Å². The van der Waals surface area contributed by atoms with E-state index in [-0.39, 0.29) is 12.4 Å². The normalized spacial score (nSPS) is 15.5. The highest BCUT2D eigenvalue weighted by Gasteiger charge is 2.17. The number of piperazine rings is 1. The summed E-state index contributed by atoms with van der Waals surface area (Å²) < 4.78 is 0. The molecule has 0 bridgehead atoms. The quantitative estimate of drug-likeness (QED) is 0.771. The first kappa shape index (κ1) is 16.7. The van der Waals surface area contributed by atoms with E-state index in [1.807, 2.05) is 25.1 Å². The van der Waals surface area contributed by atoms with Gasteiger partial charge in [-0.15, -0.1) is 0 Å². The van der Waals surface area contributed by atoms with Crippen molar-refractivity contribution in [3.63, 3.8) is 0 Å². The maximum Gasteiger partial charge on any atom is 0.132 e. The summed E-state index contributed by atoms with van der Waals surface area (Å²) >= 11 is 0. The van der Waals surface area contributed by atoms with Crippen LogP contribution in [-0.2, 0) is 0 Å². The first-order valence-electron chi connectivity index (χ1n) is 7.64. The molecule has 1 aliphatic heterocycles. The molecule has 0 radical (unpaired) electrons. The molecule has 1 saturated heterocycles. The number of benzene rings is 1. The van der Waals surface area contributed by atoms with E-state index in [0.29, 0.717) is 0 Å². The van der Waals surface area contributed by atoms with Crippen LogP contribution >= 0.6 is 0 Å². The van der Waals surface area contributed by atoms with Gasteiger partial charge in [-0.2, -0.15) is 0 Å². The molecule has 2 aromatic rings. The van der Waals surface area contributed by atoms with Crippen LogP contribution in [0.5, 0.6) is 0 Å². The predicted molar refractivity (Wildman–Crippen MR) is 86.5 cm³/mol. The maximum absolute atomic E-state index is 4.63. The Hall–Kier alpha value is -1.65. The van der Waals surface area contributed by atoms with Crippen LogP contribution in [0.1, 0.15) is 12.7 Å². The van der Waals surface area contributed by atoms with E-state index in [9.17, 15) is 0 Å². The molecule has 22 heavy (non-hydrogen) atoms. The molecule has 1 aliphatic rings. The van der Waals surface area contributed by atoms with Crippen LogP contribution in [0.4, 0.5) is 5.82 Å². The second-order valence-corrected chi connectivity index (χ2v) is 5.45. The summed E-state index contributed by atoms with van der Waals surface area (Å²) in [5.41, 5.74) is 2.16. The van der Waals surface area contributed by atoms with Gasteiger partial charge in [0.15, 0.2) is 0 Å². The summed E-state index contributed by atoms with van der Waals surface area (Å²) in [5, 5.41) is 0. The molecule has 0 N–H and O–H groups in total. The Labute approximate surface area is 138 Å². The molecule has 0 aliphatic carbocycles. The monoisotopic (exact) mass is 317 g/mol. The number of likely N-dealkylation sites (N-methyl/N-ethyl adjacent to an activating group) is 1. The fraction of sp³-hybridized carbons (Fsp3) is 0.412. The summed E-state index contributed by atoms with van der Waals surface area (Å²) in [6.45, 7) is 9.62. The van der Waals surface area contributed by atoms with Crippen LogP contribution in [-0.4, -0.2) is 47.6 Å². The molecule has 4 nitrogen and oxygen atoms in total. The van der Waals surface area contributed by atoms with E-state index in [0.717, 1.165) is 55.6 Å². The maximum atomic E-state index is 4.63. The van der Waals surface area contributed by atoms with Crippen LogP contribution in [0.3, 0.4) is 0 Å². The van der Waals surface area contributed by atoms with Gasteiger partial charge < -0.3 is 22.2 Å². The molecule has 2 heterocycles. The lowest BCUT2D eigenvalue weighted by atomic mass is 10.1. The van der Waals surface area contributed by atoms with Crippen molar-refractivity contribution in [2.24, 2.45) is 0 Å². The molecule has 0 amide bonds. The Morgan fingerprint density at radius 1 is 1.00 bits per heavy atom. The van der Waals surface area contributed by atoms with Gasteiger partial charge in [0.25, 0.3) is 0 Å². The van der Waals surface area contributed by atoms with Gasteiger partial charge in [-0.1, -0.05) is 37.3 Å². The van der Waals surface area contributed by atoms with Crippen LogP contribution in [0.2, 0.25) is 0 Å². The average molecular weight is 318 g/mol. The first-order chi connectivity index (χ1) is 10.3. The van der Waals surface area contributed by atoms with E-state index >= 15 is 0 Å². The highest BCUT2D eigenvalue weighted by Crippen LogP contribution is 2.22. The standard InChI is InChI=1S/C17H22N4.ClH/c1-3-20-9-11-21(12-10-20)17-13-16(18-14(2)19-17)15-7-5-4-6-8-15;/h4-8,13H,3,9-12H2,1-2H3;1H/p-1. The largest absolute Gasteiger partial charge is 1.00 e. The zero-order chi connectivity index (χ0) is 14.7. The van der Waals surface area contributed by atoms with Crippen molar-refractivity contribution in [1.82, 2.24) is 14.9 Å². The SMILES string of the molecule is CCN1CCN(c2cc(-c3ccccc3)nc(C)n2)CC1.[Cl-]. The molecule has 1 aromatic heterocycles. The molecule has 1 aromatic carbocycles. The van der Waals surface area contributed by atoms with E-state index in [1.54, 1.807) is 0 Å². The summed E-state index contributed by atoms with van der Waals surface area (Å²) in [6, 6.07) is 12.4. The average Bonchev–Trinajstić information content (AvgIpc) is 2.55. The molecule has 0 saturated carbocycles. The zero-order valence-electron chi connectivity index (χ0n) is 13.2. The molecule has 118 valence electrons. The van der Waals surface area contributed by atoms with Crippen LogP contribution < -0.4 is 17.3 Å². The Morgan fingerprint density at radius 3 is 2.32 bits per heavy atom. The molecular formula is C17H22ClN4-. The third-order valence-electron chi connectivity index (χ3n) is 4.04. The van der Waals surface area contributed by atoms with Gasteiger partial charge in [-0.3, -0.25) is 0 Å². The Bertz CT molecular complexity index is 595. The van der Waals surface area contributed by atoms with Crippen molar-refractivity contribution in [3.05, 3.63) is 42.2 Å². The number of anilines is 1. The lowest BCUT2D eigenvalue weighted by molar-refractivity contribution is -0.00000458. The van der Waals surface area contributed by atoms with E-state index in [1.165, 1.54) is 0 Å². The summed E-state index contributed by atoms with van der Waals surface area (Å²) in [5.74, 6) is 1.89. The molecule has 3 rings (SSSR count). The number of aromatic nitrogens is 2. The second-order valence-electron chi connectivity index (χ2n) is 5.45. The minimum Gasteiger partial charge on any atom is -1.00 e. The number of nitrogens with zero attached hydrogens (tertiary/aromatic N) is 4. The van der Waals surface area contributed by atoms with Crippen molar-refractivity contribution in [2.75, 3.05) is 37.6 Å². The highest BCUT2D eigenvalue weighted by atomic mass is 35.5. The number of aryl methyl sites for hydroxylation is 1. The van der Waals surface area contributed by atoms with E-state index < -0.39 is 0 Å². The minimum atomic E-state index is 0. The third kappa shape index (κ3) is 3.76. The topological polar surface area (TPSA) is 32.3 Å². The fourth-order valence-corrected chi connectivity index (χ4v) is 2.76. The predicted octanol–water partition coefficient (Wildman–Crippen LogP) is -0.402. The van der Waals surface area contributed by atoms with E-state index in [2.05, 4.69) is 44.9 Å². The molecule has 0 unspecified atom stereocenters. The highest BCUT2D eigenvalue weighted by molar-refractivity contribution is 5.62. The van der Waals surface area contributed by atoms with Gasteiger partial charge in [-0.05, 0) is 13.5 Å². The number of hydrogen-bond acceptors (Lipinski definition) is 4. The molecule has 0 spiro atoms. The van der Waals surface area contributed by atoms with Crippen molar-refractivity contribution < 1.29 is 12.4 Å². The van der Waals surface area contributed by atoms with Gasteiger partial charge in [0, 0.05) is 37.8 Å². The Morgan fingerprint density at radius 2 is 1.68 bits per heavy atom. The summed E-state index contributed by atoms with van der Waals surface area (Å²) in [7, 11) is 0. The number of hydrogen-bond donors (Lipinski definition) is 0. The molecule has 5 heteroatoms. The Balaban J connectivity index is 0.00000176. The van der Waals surface area contributed by atoms with Gasteiger partial charge in [0.1, 0.15) is 11.6 Å². The Kier molecular flexibility index (Phi) is 5.75. The smallest absolute Gasteiger partial charge is 0.132 e. The molecule has 1 fully saturated rings. The summed E-state index contributed by atoms with van der Waals surface area (Å²) in [6.07, 6.45) is 0. The van der Waals surface area contributed by atoms with Crippen LogP contribution in [0.25, 0.3) is 11.3 Å². The zero-order valence-corrected chi connectivity index (χ0v) is 13.9. The summed E-state index contributed by atoms with van der Waals surface area (Å²) in [4.78, 5) is 14.1.